The van der Waals surface area contributed by atoms with E-state index in [-0.39, 0.29) is 18.8 Å². The summed E-state index contributed by atoms with van der Waals surface area (Å²) in [5.41, 5.74) is 12.1. The summed E-state index contributed by atoms with van der Waals surface area (Å²) in [7, 11) is -16.6. The predicted molar refractivity (Wildman–Crippen MR) is 112 cm³/mol. The van der Waals surface area contributed by atoms with Crippen LogP contribution in [0.25, 0.3) is 11.0 Å². The van der Waals surface area contributed by atoms with Gasteiger partial charge in [0, 0.05) is 12.6 Å². The molecule has 0 radical (unpaired) electrons. The number of ether oxygens (including phenoxy) is 1. The van der Waals surface area contributed by atoms with Gasteiger partial charge in [0.15, 0.2) is 0 Å². The topological polar surface area (TPSA) is 272 Å². The zero-order valence-corrected chi connectivity index (χ0v) is 19.6. The zero-order valence-electron chi connectivity index (χ0n) is 16.9. The van der Waals surface area contributed by atoms with Crippen LogP contribution in [0, 0.1) is 11.8 Å². The van der Waals surface area contributed by atoms with Crippen molar-refractivity contribution < 1.29 is 56.3 Å². The van der Waals surface area contributed by atoms with Gasteiger partial charge in [-0.1, -0.05) is 11.8 Å². The standard InChI is InChI=1S/C14H20N5O12P3/c15-3-1-2-8-5-19(14-12(8)13(16)17-7-18-14)11-4-9(20)10(29-11)6-28-33(24,25)31-34(26,27)30-32(21,22)23/h5,7,9-11,20H,3-4,6,15H2,(H,24,25)(H,26,27)(H2,16,17,18)(H2,21,22,23)/t9-,10+,11+/m0/s1. The van der Waals surface area contributed by atoms with Crippen LogP contribution in [0.3, 0.4) is 0 Å². The van der Waals surface area contributed by atoms with E-state index in [0.29, 0.717) is 16.6 Å². The molecule has 188 valence electrons. The summed E-state index contributed by atoms with van der Waals surface area (Å²) >= 11 is 0. The van der Waals surface area contributed by atoms with Crippen LogP contribution in [-0.2, 0) is 31.6 Å². The van der Waals surface area contributed by atoms with Gasteiger partial charge in [-0.05, 0) is 0 Å². The number of fused-ring (bicyclic) bond motifs is 1. The molecule has 0 aliphatic carbocycles. The lowest BCUT2D eigenvalue weighted by molar-refractivity contribution is -0.0421. The largest absolute Gasteiger partial charge is 0.490 e. The van der Waals surface area contributed by atoms with Crippen molar-refractivity contribution >= 4 is 40.3 Å². The van der Waals surface area contributed by atoms with Crippen LogP contribution in [0.5, 0.6) is 0 Å². The molecule has 0 spiro atoms. The molecule has 2 unspecified atom stereocenters. The summed E-state index contributed by atoms with van der Waals surface area (Å²) in [5, 5.41) is 10.7. The molecule has 2 aromatic rings. The predicted octanol–water partition coefficient (Wildman–Crippen LogP) is -0.685. The highest BCUT2D eigenvalue weighted by atomic mass is 31.3. The van der Waals surface area contributed by atoms with E-state index in [1.807, 2.05) is 0 Å². The van der Waals surface area contributed by atoms with Crippen molar-refractivity contribution in [2.75, 3.05) is 18.9 Å². The molecular formula is C14H20N5O12P3. The van der Waals surface area contributed by atoms with Crippen molar-refractivity contribution in [3.8, 4) is 11.8 Å². The van der Waals surface area contributed by atoms with Gasteiger partial charge in [0.2, 0.25) is 0 Å². The van der Waals surface area contributed by atoms with Crippen molar-refractivity contribution in [2.24, 2.45) is 5.73 Å². The minimum absolute atomic E-state index is 0.0259. The van der Waals surface area contributed by atoms with E-state index in [2.05, 4.69) is 35.0 Å². The Labute approximate surface area is 191 Å². The minimum atomic E-state index is -5.67. The molecule has 5 atom stereocenters. The maximum atomic E-state index is 11.9. The quantitative estimate of drug-likeness (QED) is 0.160. The molecule has 34 heavy (non-hydrogen) atoms. The SMILES string of the molecule is NCC#Cc1cn([C@H]2C[C@H](O)[C@@H](COP(=O)(O)OP(=O)(O)OP(=O)(O)O)O2)c2ncnc(N)c12. The number of nitrogens with zero attached hydrogens (tertiary/aromatic N) is 3. The lowest BCUT2D eigenvalue weighted by atomic mass is 10.2. The number of hydrogen-bond acceptors (Lipinski definition) is 12. The summed E-state index contributed by atoms with van der Waals surface area (Å²) in [6, 6.07) is 0. The number of nitrogen functional groups attached to an aromatic ring is 1. The first-order chi connectivity index (χ1) is 15.7. The van der Waals surface area contributed by atoms with Gasteiger partial charge in [0.05, 0.1) is 30.2 Å². The summed E-state index contributed by atoms with van der Waals surface area (Å²) in [6.45, 7) is -0.723. The molecule has 3 rings (SSSR count). The third-order valence-electron chi connectivity index (χ3n) is 4.30. The number of phosphoric acid groups is 3. The lowest BCUT2D eigenvalue weighted by Gasteiger charge is -2.19. The van der Waals surface area contributed by atoms with Crippen LogP contribution in [0.4, 0.5) is 5.82 Å². The first-order valence-corrected chi connectivity index (χ1v) is 13.7. The number of aliphatic hydroxyl groups is 1. The number of hydrogen-bond donors (Lipinski definition) is 7. The Morgan fingerprint density at radius 2 is 1.88 bits per heavy atom. The van der Waals surface area contributed by atoms with Crippen LogP contribution >= 0.6 is 23.5 Å². The van der Waals surface area contributed by atoms with E-state index in [0.717, 1.165) is 0 Å². The van der Waals surface area contributed by atoms with Crippen LogP contribution in [0.1, 0.15) is 18.2 Å². The van der Waals surface area contributed by atoms with E-state index >= 15 is 0 Å². The normalized spacial score (nSPS) is 24.4. The Kier molecular flexibility index (Phi) is 7.98. The molecule has 1 fully saturated rings. The number of aromatic nitrogens is 3. The smallest absolute Gasteiger partial charge is 0.390 e. The number of phosphoric ester groups is 1. The third kappa shape index (κ3) is 6.69. The molecule has 1 aliphatic rings. The minimum Gasteiger partial charge on any atom is -0.390 e. The Morgan fingerprint density at radius 3 is 2.53 bits per heavy atom. The van der Waals surface area contributed by atoms with Crippen molar-refractivity contribution in [1.82, 2.24) is 14.5 Å². The highest BCUT2D eigenvalue weighted by molar-refractivity contribution is 7.66. The fourth-order valence-corrected chi connectivity index (χ4v) is 6.11. The second-order valence-electron chi connectivity index (χ2n) is 6.73. The molecule has 0 aromatic carbocycles. The molecule has 0 amide bonds. The number of nitrogens with two attached hydrogens (primary N) is 2. The van der Waals surface area contributed by atoms with E-state index in [1.165, 1.54) is 10.9 Å². The van der Waals surface area contributed by atoms with Gasteiger partial charge in [-0.3, -0.25) is 4.52 Å². The van der Waals surface area contributed by atoms with Gasteiger partial charge in [0.1, 0.15) is 30.1 Å². The van der Waals surface area contributed by atoms with Gasteiger partial charge in [-0.15, -0.1) is 0 Å². The van der Waals surface area contributed by atoms with Gasteiger partial charge in [0.25, 0.3) is 0 Å². The average Bonchev–Trinajstić information content (AvgIpc) is 3.23. The van der Waals surface area contributed by atoms with Crippen molar-refractivity contribution in [3.63, 3.8) is 0 Å². The zero-order chi connectivity index (χ0) is 25.3. The fourth-order valence-electron chi connectivity index (χ4n) is 3.08. The molecule has 17 nitrogen and oxygen atoms in total. The highest BCUT2D eigenvalue weighted by Gasteiger charge is 2.43. The Hall–Kier alpha value is -1.73. The van der Waals surface area contributed by atoms with Crippen LogP contribution < -0.4 is 11.5 Å². The number of aliphatic hydroxyl groups excluding tert-OH is 1. The molecule has 1 saturated heterocycles. The van der Waals surface area contributed by atoms with Crippen LogP contribution in [0.15, 0.2) is 12.5 Å². The van der Waals surface area contributed by atoms with E-state index in [4.69, 9.17) is 26.0 Å². The van der Waals surface area contributed by atoms with Crippen LogP contribution in [0.2, 0.25) is 0 Å². The van der Waals surface area contributed by atoms with Crippen LogP contribution in [-0.4, -0.2) is 64.6 Å². The van der Waals surface area contributed by atoms with Gasteiger partial charge in [-0.2, -0.15) is 8.62 Å². The summed E-state index contributed by atoms with van der Waals surface area (Å²) in [4.78, 5) is 43.9. The Bertz CT molecular complexity index is 1270. The summed E-state index contributed by atoms with van der Waals surface area (Å²) in [5.74, 6) is 5.66. The van der Waals surface area contributed by atoms with E-state index < -0.39 is 48.5 Å². The van der Waals surface area contributed by atoms with Crippen molar-refractivity contribution in [1.29, 1.82) is 0 Å². The first-order valence-electron chi connectivity index (χ1n) is 9.13. The first kappa shape index (κ1) is 26.9. The van der Waals surface area contributed by atoms with Gasteiger partial charge >= 0.3 is 23.5 Å². The molecule has 0 saturated carbocycles. The second kappa shape index (κ2) is 10.1. The maximum Gasteiger partial charge on any atom is 0.490 e. The lowest BCUT2D eigenvalue weighted by Crippen LogP contribution is -2.26. The van der Waals surface area contributed by atoms with Gasteiger partial charge < -0.3 is 45.5 Å². The van der Waals surface area contributed by atoms with Crippen molar-refractivity contribution in [3.05, 3.63) is 18.1 Å². The molecule has 1 aliphatic heterocycles. The number of anilines is 1. The molecule has 20 heteroatoms. The molecule has 9 N–H and O–H groups in total. The summed E-state index contributed by atoms with van der Waals surface area (Å²) < 4.78 is 52.9. The maximum absolute atomic E-state index is 11.9. The summed E-state index contributed by atoms with van der Waals surface area (Å²) in [6.07, 6.45) is -0.554. The third-order valence-corrected chi connectivity index (χ3v) is 8.10. The average molecular weight is 543 g/mol. The molecular weight excluding hydrogens is 523 g/mol. The fraction of sp³-hybridized carbons (Fsp3) is 0.429. The molecule has 0 bridgehead atoms. The molecule has 2 aromatic heterocycles. The van der Waals surface area contributed by atoms with E-state index in [1.54, 1.807) is 6.20 Å². The van der Waals surface area contributed by atoms with Gasteiger partial charge in [-0.25, -0.2) is 23.7 Å². The Morgan fingerprint density at radius 1 is 1.18 bits per heavy atom. The van der Waals surface area contributed by atoms with Crippen molar-refractivity contribution in [2.45, 2.75) is 24.9 Å². The number of rotatable bonds is 8. The Balaban J connectivity index is 1.74. The second-order valence-corrected chi connectivity index (χ2v) is 11.2. The van der Waals surface area contributed by atoms with E-state index in [9.17, 15) is 28.6 Å². The highest BCUT2D eigenvalue weighted by Crippen LogP contribution is 2.66. The molecule has 3 heterocycles. The monoisotopic (exact) mass is 543 g/mol.